The van der Waals surface area contributed by atoms with Crippen LogP contribution in [0.2, 0.25) is 0 Å². The predicted octanol–water partition coefficient (Wildman–Crippen LogP) is 2.71. The average Bonchev–Trinajstić information content (AvgIpc) is 3.23. The molecule has 1 saturated heterocycles. The highest BCUT2D eigenvalue weighted by Crippen LogP contribution is 2.26. The van der Waals surface area contributed by atoms with Gasteiger partial charge in [-0.25, -0.2) is 13.4 Å². The number of thiophene rings is 1. The first kappa shape index (κ1) is 22.3. The van der Waals surface area contributed by atoms with E-state index in [2.05, 4.69) is 21.7 Å². The van der Waals surface area contributed by atoms with Crippen molar-refractivity contribution >= 4 is 27.3 Å². The smallest absolute Gasteiger partial charge is 0.252 e. The number of ether oxygens (including phenoxy) is 1. The topological polar surface area (TPSA) is 83.0 Å². The third-order valence-corrected chi connectivity index (χ3v) is 8.50. The summed E-state index contributed by atoms with van der Waals surface area (Å²) < 4.78 is 32.6. The molecule has 1 aromatic rings. The summed E-state index contributed by atoms with van der Waals surface area (Å²) in [4.78, 5) is 5.57. The molecule has 0 saturated carbocycles. The molecule has 0 spiro atoms. The van der Waals surface area contributed by atoms with Gasteiger partial charge in [-0.3, -0.25) is 0 Å². The van der Waals surface area contributed by atoms with E-state index in [1.54, 1.807) is 6.07 Å². The maximum Gasteiger partial charge on any atom is 0.252 e. The van der Waals surface area contributed by atoms with Crippen LogP contribution in [0.1, 0.15) is 43.9 Å². The van der Waals surface area contributed by atoms with Crippen LogP contribution >= 0.6 is 11.3 Å². The molecule has 1 fully saturated rings. The molecule has 0 unspecified atom stereocenters. The van der Waals surface area contributed by atoms with Gasteiger partial charge in [-0.2, -0.15) is 4.31 Å². The number of allylic oxidation sites excluding steroid dienone is 1. The lowest BCUT2D eigenvalue weighted by Gasteiger charge is -2.25. The van der Waals surface area contributed by atoms with E-state index in [1.807, 2.05) is 13.0 Å². The Balaban J connectivity index is 1.55. The molecule has 0 amide bonds. The number of nitrogens with zero attached hydrogens (tertiary/aromatic N) is 2. The van der Waals surface area contributed by atoms with Gasteiger partial charge in [-0.15, -0.1) is 11.3 Å². The lowest BCUT2D eigenvalue weighted by molar-refractivity contribution is 0.0731. The molecular formula is C20H32N4O3S2. The van der Waals surface area contributed by atoms with E-state index < -0.39 is 10.0 Å². The van der Waals surface area contributed by atoms with Crippen molar-refractivity contribution in [2.24, 2.45) is 4.99 Å². The molecule has 162 valence electrons. The number of nitrogens with one attached hydrogen (secondary N) is 2. The van der Waals surface area contributed by atoms with Crippen molar-refractivity contribution in [1.82, 2.24) is 14.9 Å². The fourth-order valence-corrected chi connectivity index (χ4v) is 6.31. The van der Waals surface area contributed by atoms with Crippen LogP contribution in [0.4, 0.5) is 0 Å². The third-order valence-electron chi connectivity index (χ3n) is 5.06. The fourth-order valence-electron chi connectivity index (χ4n) is 3.47. The first-order valence-electron chi connectivity index (χ1n) is 10.5. The lowest BCUT2D eigenvalue weighted by atomic mass is 9.97. The van der Waals surface area contributed by atoms with Crippen LogP contribution in [0, 0.1) is 0 Å². The molecule has 2 heterocycles. The summed E-state index contributed by atoms with van der Waals surface area (Å²) in [7, 11) is -3.43. The first-order valence-corrected chi connectivity index (χ1v) is 12.7. The zero-order valence-corrected chi connectivity index (χ0v) is 18.8. The third kappa shape index (κ3) is 6.53. The molecule has 0 aromatic carbocycles. The number of rotatable bonds is 8. The highest BCUT2D eigenvalue weighted by molar-refractivity contribution is 7.91. The van der Waals surface area contributed by atoms with Crippen LogP contribution in [0.3, 0.4) is 0 Å². The standard InChI is InChI=1S/C20H32N4O3S2/c1-2-21-20(22-11-10-17-6-4-3-5-7-17)23-16-18-8-9-19(28-18)29(25,26)24-12-14-27-15-13-24/h6,8-9H,2-5,7,10-16H2,1H3,(H2,21,22,23). The van der Waals surface area contributed by atoms with Crippen molar-refractivity contribution in [2.75, 3.05) is 39.4 Å². The van der Waals surface area contributed by atoms with E-state index in [-0.39, 0.29) is 0 Å². The molecule has 9 heteroatoms. The highest BCUT2D eigenvalue weighted by atomic mass is 32.2. The quantitative estimate of drug-likeness (QED) is 0.369. The maximum atomic E-state index is 12.7. The molecule has 2 N–H and O–H groups in total. The van der Waals surface area contributed by atoms with Gasteiger partial charge in [0.2, 0.25) is 0 Å². The van der Waals surface area contributed by atoms with Gasteiger partial charge in [-0.05, 0) is 51.2 Å². The second kappa shape index (κ2) is 11.1. The molecule has 29 heavy (non-hydrogen) atoms. The maximum absolute atomic E-state index is 12.7. The Hall–Kier alpha value is -1.42. The van der Waals surface area contributed by atoms with Gasteiger partial charge in [0.1, 0.15) is 4.21 Å². The fraction of sp³-hybridized carbons (Fsp3) is 0.650. The highest BCUT2D eigenvalue weighted by Gasteiger charge is 2.27. The Morgan fingerprint density at radius 1 is 1.24 bits per heavy atom. The van der Waals surface area contributed by atoms with E-state index in [0.29, 0.717) is 37.1 Å². The molecule has 3 rings (SSSR count). The Kier molecular flexibility index (Phi) is 8.53. The van der Waals surface area contributed by atoms with Crippen LogP contribution < -0.4 is 10.6 Å². The molecule has 1 aliphatic carbocycles. The molecule has 0 radical (unpaired) electrons. The number of hydrogen-bond acceptors (Lipinski definition) is 5. The SMILES string of the molecule is CCNC(=NCc1ccc(S(=O)(=O)N2CCOCC2)s1)NCCC1=CCCCC1. The normalized spacial score (nSPS) is 19.1. The Bertz CT molecular complexity index is 811. The van der Waals surface area contributed by atoms with Gasteiger partial charge in [0.15, 0.2) is 5.96 Å². The number of hydrogen-bond donors (Lipinski definition) is 2. The van der Waals surface area contributed by atoms with Gasteiger partial charge >= 0.3 is 0 Å². The molecule has 0 atom stereocenters. The number of guanidine groups is 1. The largest absolute Gasteiger partial charge is 0.379 e. The van der Waals surface area contributed by atoms with Crippen LogP contribution in [-0.4, -0.2) is 58.1 Å². The Morgan fingerprint density at radius 3 is 2.79 bits per heavy atom. The second-order valence-electron chi connectivity index (χ2n) is 7.22. The van der Waals surface area contributed by atoms with Crippen LogP contribution in [0.5, 0.6) is 0 Å². The summed E-state index contributed by atoms with van der Waals surface area (Å²) in [6.45, 7) is 5.89. The lowest BCUT2D eigenvalue weighted by Crippen LogP contribution is -2.40. The monoisotopic (exact) mass is 440 g/mol. The van der Waals surface area contributed by atoms with E-state index in [1.165, 1.54) is 46.9 Å². The number of sulfonamides is 1. The Morgan fingerprint density at radius 2 is 2.07 bits per heavy atom. The van der Waals surface area contributed by atoms with Gasteiger partial charge in [0.25, 0.3) is 10.0 Å². The minimum Gasteiger partial charge on any atom is -0.379 e. The summed E-state index contributed by atoms with van der Waals surface area (Å²) >= 11 is 1.30. The van der Waals surface area contributed by atoms with Crippen molar-refractivity contribution in [1.29, 1.82) is 0 Å². The van der Waals surface area contributed by atoms with Crippen molar-refractivity contribution in [2.45, 2.75) is 49.8 Å². The minimum atomic E-state index is -3.43. The summed E-state index contributed by atoms with van der Waals surface area (Å²) in [5.74, 6) is 0.773. The zero-order chi connectivity index (χ0) is 20.5. The van der Waals surface area contributed by atoms with E-state index in [0.717, 1.165) is 30.3 Å². The second-order valence-corrected chi connectivity index (χ2v) is 10.6. The zero-order valence-electron chi connectivity index (χ0n) is 17.2. The van der Waals surface area contributed by atoms with E-state index >= 15 is 0 Å². The van der Waals surface area contributed by atoms with Crippen molar-refractivity contribution in [3.63, 3.8) is 0 Å². The molecule has 2 aliphatic rings. The van der Waals surface area contributed by atoms with Gasteiger partial charge in [0, 0.05) is 31.1 Å². The van der Waals surface area contributed by atoms with Gasteiger partial charge in [0.05, 0.1) is 19.8 Å². The Labute approximate surface area is 178 Å². The van der Waals surface area contributed by atoms with Crippen molar-refractivity contribution < 1.29 is 13.2 Å². The summed E-state index contributed by atoms with van der Waals surface area (Å²) in [6, 6.07) is 3.55. The first-order chi connectivity index (χ1) is 14.1. The minimum absolute atomic E-state index is 0.381. The van der Waals surface area contributed by atoms with Crippen molar-refractivity contribution in [3.8, 4) is 0 Å². The van der Waals surface area contributed by atoms with Crippen molar-refractivity contribution in [3.05, 3.63) is 28.7 Å². The molecule has 7 nitrogen and oxygen atoms in total. The molecule has 0 bridgehead atoms. The number of aliphatic imine (C=N–C) groups is 1. The summed E-state index contributed by atoms with van der Waals surface area (Å²) in [5.41, 5.74) is 1.54. The van der Waals surface area contributed by atoms with Crippen LogP contribution in [-0.2, 0) is 21.3 Å². The van der Waals surface area contributed by atoms with E-state index in [4.69, 9.17) is 4.74 Å². The molecular weight excluding hydrogens is 408 g/mol. The molecule has 1 aromatic heterocycles. The van der Waals surface area contributed by atoms with Crippen LogP contribution in [0.15, 0.2) is 33.0 Å². The van der Waals surface area contributed by atoms with Crippen LogP contribution in [0.25, 0.3) is 0 Å². The summed E-state index contributed by atoms with van der Waals surface area (Å²) in [6.07, 6.45) is 8.45. The van der Waals surface area contributed by atoms with E-state index in [9.17, 15) is 8.42 Å². The van der Waals surface area contributed by atoms with Gasteiger partial charge in [-0.1, -0.05) is 11.6 Å². The summed E-state index contributed by atoms with van der Waals surface area (Å²) in [5, 5.41) is 6.65. The number of morpholine rings is 1. The average molecular weight is 441 g/mol. The molecule has 1 aliphatic heterocycles. The predicted molar refractivity (Wildman–Crippen MR) is 118 cm³/mol. The van der Waals surface area contributed by atoms with Gasteiger partial charge < -0.3 is 15.4 Å².